The second-order valence-corrected chi connectivity index (χ2v) is 9.55. The Morgan fingerprint density at radius 1 is 0.941 bits per heavy atom. The van der Waals surface area contributed by atoms with Crippen LogP contribution in [0, 0.1) is 13.8 Å². The number of hydrogen-bond acceptors (Lipinski definition) is 4. The number of anilines is 2. The first-order valence-electron chi connectivity index (χ1n) is 10.7. The van der Waals surface area contributed by atoms with E-state index in [1.54, 1.807) is 60.7 Å². The third kappa shape index (κ3) is 5.71. The van der Waals surface area contributed by atoms with Crippen molar-refractivity contribution in [3.05, 3.63) is 102 Å². The van der Waals surface area contributed by atoms with Crippen LogP contribution in [-0.4, -0.2) is 33.3 Å². The van der Waals surface area contributed by atoms with Crippen LogP contribution in [0.1, 0.15) is 21.5 Å². The van der Waals surface area contributed by atoms with Crippen molar-refractivity contribution in [2.45, 2.75) is 18.7 Å². The van der Waals surface area contributed by atoms with Crippen molar-refractivity contribution in [1.29, 1.82) is 0 Å². The Balaban J connectivity index is 1.94. The van der Waals surface area contributed by atoms with Gasteiger partial charge in [-0.3, -0.25) is 13.9 Å². The Kier molecular flexibility index (Phi) is 7.86. The highest BCUT2D eigenvalue weighted by atomic mass is 32.2. The lowest BCUT2D eigenvalue weighted by atomic mass is 10.1. The molecule has 0 saturated heterocycles. The summed E-state index contributed by atoms with van der Waals surface area (Å²) in [6.07, 6.45) is 1.55. The quantitative estimate of drug-likeness (QED) is 0.455. The van der Waals surface area contributed by atoms with E-state index in [1.165, 1.54) is 12.1 Å². The van der Waals surface area contributed by atoms with Gasteiger partial charge in [0.2, 0.25) is 5.91 Å². The fraction of sp³-hybridized carbons (Fsp3) is 0.154. The van der Waals surface area contributed by atoms with Crippen LogP contribution >= 0.6 is 0 Å². The standard InChI is InChI=1S/C26H27N3O4S/c1-4-16-27-26(31)23-12-8-9-13-24(23)28-25(30)18-29(21-15-14-19(2)20(3)17-21)34(32,33)22-10-6-5-7-11-22/h4-15,17H,1,16,18H2,2-3H3,(H,27,31)(H,28,30). The number of para-hydroxylation sites is 1. The van der Waals surface area contributed by atoms with Crippen molar-refractivity contribution in [2.75, 3.05) is 22.7 Å². The van der Waals surface area contributed by atoms with E-state index in [-0.39, 0.29) is 28.6 Å². The highest BCUT2D eigenvalue weighted by Gasteiger charge is 2.27. The minimum absolute atomic E-state index is 0.0743. The SMILES string of the molecule is C=CCNC(=O)c1ccccc1NC(=O)CN(c1ccc(C)c(C)c1)S(=O)(=O)c1ccccc1. The summed E-state index contributed by atoms with van der Waals surface area (Å²) in [5.74, 6) is -0.958. The van der Waals surface area contributed by atoms with E-state index >= 15 is 0 Å². The van der Waals surface area contributed by atoms with Gasteiger partial charge in [-0.15, -0.1) is 6.58 Å². The first kappa shape index (κ1) is 24.7. The fourth-order valence-corrected chi connectivity index (χ4v) is 4.72. The van der Waals surface area contributed by atoms with Gasteiger partial charge in [0.1, 0.15) is 6.54 Å². The Bertz CT molecular complexity index is 1300. The Morgan fingerprint density at radius 3 is 2.29 bits per heavy atom. The normalized spacial score (nSPS) is 10.9. The average molecular weight is 478 g/mol. The molecule has 2 N–H and O–H groups in total. The van der Waals surface area contributed by atoms with Gasteiger partial charge in [0.15, 0.2) is 0 Å². The van der Waals surface area contributed by atoms with E-state index in [0.29, 0.717) is 5.69 Å². The zero-order valence-electron chi connectivity index (χ0n) is 19.1. The summed E-state index contributed by atoms with van der Waals surface area (Å²) >= 11 is 0. The number of nitrogens with one attached hydrogen (secondary N) is 2. The maximum atomic E-state index is 13.5. The molecule has 3 rings (SSSR count). The van der Waals surface area contributed by atoms with E-state index in [1.807, 2.05) is 19.9 Å². The number of aryl methyl sites for hydroxylation is 2. The van der Waals surface area contributed by atoms with Crippen LogP contribution in [0.25, 0.3) is 0 Å². The molecule has 3 aromatic rings. The lowest BCUT2D eigenvalue weighted by Gasteiger charge is -2.25. The predicted molar refractivity (Wildman–Crippen MR) is 134 cm³/mol. The molecule has 3 aromatic carbocycles. The van der Waals surface area contributed by atoms with Crippen LogP contribution in [0.15, 0.2) is 90.3 Å². The van der Waals surface area contributed by atoms with Crippen LogP contribution in [0.3, 0.4) is 0 Å². The Hall–Kier alpha value is -3.91. The second kappa shape index (κ2) is 10.8. The van der Waals surface area contributed by atoms with E-state index in [9.17, 15) is 18.0 Å². The first-order chi connectivity index (χ1) is 16.2. The molecule has 0 atom stereocenters. The van der Waals surface area contributed by atoms with Gasteiger partial charge in [0.25, 0.3) is 15.9 Å². The van der Waals surface area contributed by atoms with Crippen LogP contribution in [0.2, 0.25) is 0 Å². The topological polar surface area (TPSA) is 95.6 Å². The van der Waals surface area contributed by atoms with E-state index in [2.05, 4.69) is 17.2 Å². The number of benzene rings is 3. The van der Waals surface area contributed by atoms with E-state index < -0.39 is 22.5 Å². The molecule has 0 heterocycles. The van der Waals surface area contributed by atoms with Crippen LogP contribution in [0.5, 0.6) is 0 Å². The summed E-state index contributed by atoms with van der Waals surface area (Å²) in [5, 5.41) is 5.36. The third-order valence-corrected chi connectivity index (χ3v) is 7.04. The van der Waals surface area contributed by atoms with Crippen LogP contribution in [0.4, 0.5) is 11.4 Å². The molecule has 0 spiro atoms. The summed E-state index contributed by atoms with van der Waals surface area (Å²) in [5.41, 5.74) is 2.83. The zero-order chi connectivity index (χ0) is 24.7. The number of nitrogens with zero attached hydrogens (tertiary/aromatic N) is 1. The number of amides is 2. The third-order valence-electron chi connectivity index (χ3n) is 5.25. The minimum Gasteiger partial charge on any atom is -0.349 e. The molecule has 0 aromatic heterocycles. The van der Waals surface area contributed by atoms with Gasteiger partial charge < -0.3 is 10.6 Å². The maximum Gasteiger partial charge on any atom is 0.264 e. The van der Waals surface area contributed by atoms with Gasteiger partial charge in [-0.25, -0.2) is 8.42 Å². The predicted octanol–water partition coefficient (Wildman–Crippen LogP) is 4.05. The molecule has 7 nitrogen and oxygen atoms in total. The largest absolute Gasteiger partial charge is 0.349 e. The molecular formula is C26H27N3O4S. The van der Waals surface area contributed by atoms with Gasteiger partial charge in [0.05, 0.1) is 21.8 Å². The molecule has 34 heavy (non-hydrogen) atoms. The van der Waals surface area contributed by atoms with Crippen molar-refractivity contribution in [1.82, 2.24) is 5.32 Å². The maximum absolute atomic E-state index is 13.5. The Morgan fingerprint density at radius 2 is 1.62 bits per heavy atom. The summed E-state index contributed by atoms with van der Waals surface area (Å²) in [6, 6.07) is 19.7. The van der Waals surface area contributed by atoms with Crippen molar-refractivity contribution in [2.24, 2.45) is 0 Å². The summed E-state index contributed by atoms with van der Waals surface area (Å²) in [7, 11) is -4.03. The minimum atomic E-state index is -4.03. The molecule has 0 saturated carbocycles. The van der Waals surface area contributed by atoms with Crippen molar-refractivity contribution in [3.63, 3.8) is 0 Å². The molecule has 0 aliphatic carbocycles. The Labute approximate surface area is 200 Å². The van der Waals surface area contributed by atoms with Gasteiger partial charge in [-0.2, -0.15) is 0 Å². The average Bonchev–Trinajstić information content (AvgIpc) is 2.83. The van der Waals surface area contributed by atoms with Crippen LogP contribution < -0.4 is 14.9 Å². The smallest absolute Gasteiger partial charge is 0.264 e. The summed E-state index contributed by atoms with van der Waals surface area (Å²) in [6.45, 7) is 7.18. The number of rotatable bonds is 9. The molecule has 0 fully saturated rings. The molecule has 0 aliphatic heterocycles. The highest BCUT2D eigenvalue weighted by molar-refractivity contribution is 7.92. The first-order valence-corrected chi connectivity index (χ1v) is 12.1. The van der Waals surface area contributed by atoms with Crippen molar-refractivity contribution in [3.8, 4) is 0 Å². The van der Waals surface area contributed by atoms with E-state index in [4.69, 9.17) is 0 Å². The highest BCUT2D eigenvalue weighted by Crippen LogP contribution is 2.26. The van der Waals surface area contributed by atoms with Crippen LogP contribution in [-0.2, 0) is 14.8 Å². The molecule has 2 amide bonds. The molecule has 0 unspecified atom stereocenters. The van der Waals surface area contributed by atoms with E-state index in [0.717, 1.165) is 15.4 Å². The second-order valence-electron chi connectivity index (χ2n) is 7.69. The number of sulfonamides is 1. The molecular weight excluding hydrogens is 450 g/mol. The molecule has 0 radical (unpaired) electrons. The van der Waals surface area contributed by atoms with Gasteiger partial charge in [-0.1, -0.05) is 42.5 Å². The molecule has 176 valence electrons. The number of carbonyl (C=O) groups is 2. The number of carbonyl (C=O) groups excluding carboxylic acids is 2. The molecule has 8 heteroatoms. The summed E-state index contributed by atoms with van der Waals surface area (Å²) < 4.78 is 28.0. The lowest BCUT2D eigenvalue weighted by Crippen LogP contribution is -2.38. The van der Waals surface area contributed by atoms with Gasteiger partial charge in [-0.05, 0) is 61.4 Å². The molecule has 0 aliphatic rings. The summed E-state index contributed by atoms with van der Waals surface area (Å²) in [4.78, 5) is 25.6. The van der Waals surface area contributed by atoms with Gasteiger partial charge >= 0.3 is 0 Å². The monoisotopic (exact) mass is 477 g/mol. The van der Waals surface area contributed by atoms with Crippen molar-refractivity contribution >= 4 is 33.2 Å². The van der Waals surface area contributed by atoms with Gasteiger partial charge in [0, 0.05) is 6.54 Å². The molecule has 0 bridgehead atoms. The number of hydrogen-bond donors (Lipinski definition) is 2. The zero-order valence-corrected chi connectivity index (χ0v) is 19.9. The lowest BCUT2D eigenvalue weighted by molar-refractivity contribution is -0.114. The van der Waals surface area contributed by atoms with Crippen molar-refractivity contribution < 1.29 is 18.0 Å². The fourth-order valence-electron chi connectivity index (χ4n) is 3.29.